The summed E-state index contributed by atoms with van der Waals surface area (Å²) in [6, 6.07) is 21.9. The molecule has 1 amide bonds. The molecule has 0 saturated carbocycles. The Morgan fingerprint density at radius 1 is 1.07 bits per heavy atom. The van der Waals surface area contributed by atoms with E-state index in [0.29, 0.717) is 17.3 Å². The van der Waals surface area contributed by atoms with E-state index in [1.807, 2.05) is 55.5 Å². The molecule has 1 heterocycles. The van der Waals surface area contributed by atoms with Crippen LogP contribution in [0.15, 0.2) is 84.7 Å². The van der Waals surface area contributed by atoms with Crippen LogP contribution in [0, 0.1) is 18.3 Å². The maximum Gasteiger partial charge on any atom is 0.267 e. The van der Waals surface area contributed by atoms with E-state index in [0.717, 1.165) is 11.3 Å². The van der Waals surface area contributed by atoms with E-state index in [1.165, 1.54) is 6.20 Å². The molecule has 0 spiro atoms. The highest BCUT2D eigenvalue weighted by Crippen LogP contribution is 2.22. The number of nitriles is 1. The summed E-state index contributed by atoms with van der Waals surface area (Å²) in [7, 11) is 0. The molecule has 0 atom stereocenters. The fourth-order valence-electron chi connectivity index (χ4n) is 2.34. The zero-order valence-electron chi connectivity index (χ0n) is 15.2. The third-order valence-corrected chi connectivity index (χ3v) is 3.74. The first kappa shape index (κ1) is 18.7. The van der Waals surface area contributed by atoms with Gasteiger partial charge in [-0.1, -0.05) is 18.2 Å². The van der Waals surface area contributed by atoms with Gasteiger partial charge in [0.25, 0.3) is 5.91 Å². The first-order valence-electron chi connectivity index (χ1n) is 8.58. The minimum atomic E-state index is -0.514. The second-order valence-electron chi connectivity index (χ2n) is 5.93. The molecule has 6 nitrogen and oxygen atoms in total. The highest BCUT2D eigenvalue weighted by atomic mass is 16.5. The van der Waals surface area contributed by atoms with Crippen molar-refractivity contribution in [3.8, 4) is 17.6 Å². The van der Waals surface area contributed by atoms with E-state index in [-0.39, 0.29) is 5.57 Å². The maximum atomic E-state index is 12.3. The summed E-state index contributed by atoms with van der Waals surface area (Å²) in [5, 5.41) is 14.8. The van der Waals surface area contributed by atoms with E-state index in [1.54, 1.807) is 30.5 Å². The summed E-state index contributed by atoms with van der Waals surface area (Å²) in [5.41, 5.74) is 1.51. The number of aromatic nitrogens is 1. The van der Waals surface area contributed by atoms with Crippen LogP contribution in [0.1, 0.15) is 5.56 Å². The van der Waals surface area contributed by atoms with Gasteiger partial charge in [-0.2, -0.15) is 5.26 Å². The predicted molar refractivity (Wildman–Crippen MR) is 108 cm³/mol. The number of hydrogen-bond acceptors (Lipinski definition) is 5. The highest BCUT2D eigenvalue weighted by molar-refractivity contribution is 6.06. The van der Waals surface area contributed by atoms with Crippen LogP contribution >= 0.6 is 0 Å². The number of nitrogens with zero attached hydrogens (tertiary/aromatic N) is 2. The zero-order valence-corrected chi connectivity index (χ0v) is 15.2. The summed E-state index contributed by atoms with van der Waals surface area (Å²) in [6.07, 6.45) is 2.99. The van der Waals surface area contributed by atoms with E-state index >= 15 is 0 Å². The molecule has 0 aliphatic heterocycles. The van der Waals surface area contributed by atoms with Gasteiger partial charge in [-0.25, -0.2) is 4.98 Å². The van der Waals surface area contributed by atoms with Crippen molar-refractivity contribution in [2.24, 2.45) is 0 Å². The number of para-hydroxylation sites is 1. The molecule has 0 fully saturated rings. The lowest BCUT2D eigenvalue weighted by Gasteiger charge is -2.08. The fourth-order valence-corrected chi connectivity index (χ4v) is 2.34. The molecule has 28 heavy (non-hydrogen) atoms. The van der Waals surface area contributed by atoms with E-state index in [2.05, 4.69) is 15.6 Å². The summed E-state index contributed by atoms with van der Waals surface area (Å²) < 4.78 is 5.71. The summed E-state index contributed by atoms with van der Waals surface area (Å²) >= 11 is 0. The molecule has 0 aliphatic rings. The van der Waals surface area contributed by atoms with Crippen LogP contribution in [0.3, 0.4) is 0 Å². The van der Waals surface area contributed by atoms with Crippen LogP contribution in [-0.4, -0.2) is 10.9 Å². The van der Waals surface area contributed by atoms with Crippen molar-refractivity contribution in [2.75, 3.05) is 10.6 Å². The normalized spacial score (nSPS) is 10.6. The van der Waals surface area contributed by atoms with Gasteiger partial charge in [-0.05, 0) is 61.0 Å². The third-order valence-electron chi connectivity index (χ3n) is 3.74. The number of carbonyl (C=O) groups excluding carboxylic acids is 1. The van der Waals surface area contributed by atoms with Gasteiger partial charge in [0, 0.05) is 18.1 Å². The first-order chi connectivity index (χ1) is 13.6. The Kier molecular flexibility index (Phi) is 6.01. The van der Waals surface area contributed by atoms with Gasteiger partial charge < -0.3 is 15.4 Å². The Bertz CT molecular complexity index is 1020. The van der Waals surface area contributed by atoms with Crippen LogP contribution in [0.2, 0.25) is 0 Å². The van der Waals surface area contributed by atoms with Gasteiger partial charge in [-0.3, -0.25) is 4.79 Å². The molecule has 3 rings (SSSR count). The molecule has 0 unspecified atom stereocenters. The van der Waals surface area contributed by atoms with Crippen molar-refractivity contribution in [1.82, 2.24) is 4.98 Å². The molecular weight excluding hydrogens is 352 g/mol. The van der Waals surface area contributed by atoms with Crippen LogP contribution < -0.4 is 15.4 Å². The van der Waals surface area contributed by atoms with Gasteiger partial charge >= 0.3 is 0 Å². The molecular formula is C22H18N4O2. The minimum Gasteiger partial charge on any atom is -0.457 e. The number of nitrogens with one attached hydrogen (secondary N) is 2. The summed E-state index contributed by atoms with van der Waals surface area (Å²) in [6.45, 7) is 1.93. The number of ether oxygens (including phenoxy) is 1. The standard InChI is InChI=1S/C22H18N4O2/c1-16-11-12-24-21(13-16)25-15-17(14-23)22(27)26-18-7-9-20(10-8-18)28-19-5-3-2-4-6-19/h2-13,15H,1H3,(H,24,25)(H,26,27)/b17-15-. The maximum absolute atomic E-state index is 12.3. The number of carbonyl (C=O) groups is 1. The lowest BCUT2D eigenvalue weighted by atomic mass is 10.2. The molecule has 2 aromatic carbocycles. The van der Waals surface area contributed by atoms with Crippen LogP contribution in [-0.2, 0) is 4.79 Å². The average Bonchev–Trinajstić information content (AvgIpc) is 2.71. The number of hydrogen-bond donors (Lipinski definition) is 2. The quantitative estimate of drug-likeness (QED) is 0.487. The lowest BCUT2D eigenvalue weighted by molar-refractivity contribution is -0.112. The zero-order chi connectivity index (χ0) is 19.8. The molecule has 3 aromatic rings. The van der Waals surface area contributed by atoms with Crippen LogP contribution in [0.25, 0.3) is 0 Å². The van der Waals surface area contributed by atoms with Gasteiger partial charge in [0.1, 0.15) is 29.0 Å². The van der Waals surface area contributed by atoms with Crippen LogP contribution in [0.5, 0.6) is 11.5 Å². The van der Waals surface area contributed by atoms with Crippen molar-refractivity contribution >= 4 is 17.4 Å². The summed E-state index contributed by atoms with van der Waals surface area (Å²) in [5.74, 6) is 1.42. The Morgan fingerprint density at radius 2 is 1.79 bits per heavy atom. The lowest BCUT2D eigenvalue weighted by Crippen LogP contribution is -2.14. The third kappa shape index (κ3) is 5.19. The number of anilines is 2. The monoisotopic (exact) mass is 370 g/mol. The Morgan fingerprint density at radius 3 is 2.46 bits per heavy atom. The minimum absolute atomic E-state index is 0.0621. The number of amides is 1. The van der Waals surface area contributed by atoms with Crippen molar-refractivity contribution in [1.29, 1.82) is 5.26 Å². The molecule has 138 valence electrons. The number of rotatable bonds is 6. The Hall–Kier alpha value is -4.11. The second-order valence-corrected chi connectivity index (χ2v) is 5.93. The number of benzene rings is 2. The second kappa shape index (κ2) is 9.01. The Balaban J connectivity index is 1.62. The number of pyridine rings is 1. The average molecular weight is 370 g/mol. The van der Waals surface area contributed by atoms with Crippen LogP contribution in [0.4, 0.5) is 11.5 Å². The topological polar surface area (TPSA) is 87.0 Å². The molecule has 1 aromatic heterocycles. The van der Waals surface area contributed by atoms with Gasteiger partial charge in [0.2, 0.25) is 0 Å². The molecule has 2 N–H and O–H groups in total. The SMILES string of the molecule is Cc1ccnc(N/C=C(/C#N)C(=O)Nc2ccc(Oc3ccccc3)cc2)c1. The van der Waals surface area contributed by atoms with Crippen molar-refractivity contribution in [3.63, 3.8) is 0 Å². The van der Waals surface area contributed by atoms with Gasteiger partial charge in [0.05, 0.1) is 0 Å². The summed E-state index contributed by atoms with van der Waals surface area (Å²) in [4.78, 5) is 16.4. The van der Waals surface area contributed by atoms with Crippen molar-refractivity contribution < 1.29 is 9.53 Å². The largest absolute Gasteiger partial charge is 0.457 e. The number of aryl methyl sites for hydroxylation is 1. The Labute approximate surface area is 163 Å². The van der Waals surface area contributed by atoms with Crippen molar-refractivity contribution in [3.05, 3.63) is 90.3 Å². The molecule has 0 bridgehead atoms. The predicted octanol–water partition coefficient (Wildman–Crippen LogP) is 4.64. The molecule has 0 saturated heterocycles. The van der Waals surface area contributed by atoms with E-state index in [9.17, 15) is 10.1 Å². The first-order valence-corrected chi connectivity index (χ1v) is 8.58. The highest BCUT2D eigenvalue weighted by Gasteiger charge is 2.09. The smallest absolute Gasteiger partial charge is 0.267 e. The van der Waals surface area contributed by atoms with Gasteiger partial charge in [-0.15, -0.1) is 0 Å². The molecule has 6 heteroatoms. The van der Waals surface area contributed by atoms with E-state index < -0.39 is 5.91 Å². The van der Waals surface area contributed by atoms with Gasteiger partial charge in [0.15, 0.2) is 0 Å². The van der Waals surface area contributed by atoms with E-state index in [4.69, 9.17) is 4.74 Å². The van der Waals surface area contributed by atoms with Crippen molar-refractivity contribution in [2.45, 2.75) is 6.92 Å². The molecule has 0 radical (unpaired) electrons. The molecule has 0 aliphatic carbocycles. The fraction of sp³-hybridized carbons (Fsp3) is 0.0455.